The fraction of sp³-hybridized carbons (Fsp3) is 0.364. The summed E-state index contributed by atoms with van der Waals surface area (Å²) in [7, 11) is 0. The molecule has 0 atom stereocenters. The third-order valence-electron chi connectivity index (χ3n) is 2.10. The molecule has 0 aliphatic heterocycles. The molecule has 0 spiro atoms. The van der Waals surface area contributed by atoms with E-state index in [9.17, 15) is 0 Å². The first kappa shape index (κ1) is 12.0. The minimum Gasteiger partial charge on any atom is -0.311 e. The molecule has 0 radical (unpaired) electrons. The Morgan fingerprint density at radius 2 is 2.25 bits per heavy atom. The second-order valence-corrected chi connectivity index (χ2v) is 5.92. The lowest BCUT2D eigenvalue weighted by atomic mass is 10.4. The Hall–Kier alpha value is -0.420. The van der Waals surface area contributed by atoms with Crippen molar-refractivity contribution in [3.8, 4) is 0 Å². The zero-order valence-corrected chi connectivity index (χ0v) is 11.4. The number of hydrogen-bond donors (Lipinski definition) is 1. The van der Waals surface area contributed by atoms with Gasteiger partial charge in [0.05, 0.1) is 10.0 Å². The summed E-state index contributed by atoms with van der Waals surface area (Å²) in [5, 5.41) is 9.48. The molecule has 0 saturated carbocycles. The molecular formula is C11H13ClN2S2. The van der Waals surface area contributed by atoms with E-state index in [0.29, 0.717) is 0 Å². The summed E-state index contributed by atoms with van der Waals surface area (Å²) in [5.74, 6) is 0. The van der Waals surface area contributed by atoms with Crippen molar-refractivity contribution >= 4 is 34.3 Å². The molecule has 0 amide bonds. The van der Waals surface area contributed by atoms with Gasteiger partial charge in [0.2, 0.25) is 0 Å². The van der Waals surface area contributed by atoms with Gasteiger partial charge in [-0.05, 0) is 13.0 Å². The Balaban J connectivity index is 1.69. The standard InChI is InChI=1S/C11H13ClN2S2/c1-8-6-16-11(14-8)2-3-13-5-10-4-9(12)7-15-10/h4,6-7,13H,2-3,5H2,1H3. The molecule has 0 fully saturated rings. The Bertz CT molecular complexity index is 408. The van der Waals surface area contributed by atoms with E-state index in [1.165, 1.54) is 9.88 Å². The van der Waals surface area contributed by atoms with E-state index in [1.54, 1.807) is 22.7 Å². The van der Waals surface area contributed by atoms with Crippen molar-refractivity contribution in [2.24, 2.45) is 0 Å². The van der Waals surface area contributed by atoms with Gasteiger partial charge in [-0.25, -0.2) is 4.98 Å². The number of hydrogen-bond acceptors (Lipinski definition) is 4. The van der Waals surface area contributed by atoms with Crippen molar-refractivity contribution in [3.05, 3.63) is 37.4 Å². The van der Waals surface area contributed by atoms with E-state index in [0.717, 1.165) is 30.2 Å². The van der Waals surface area contributed by atoms with Crippen LogP contribution in [-0.4, -0.2) is 11.5 Å². The average Bonchev–Trinajstić information content (AvgIpc) is 2.83. The minimum absolute atomic E-state index is 0.831. The molecule has 0 unspecified atom stereocenters. The molecule has 2 heterocycles. The molecular weight excluding hydrogens is 260 g/mol. The lowest BCUT2D eigenvalue weighted by Gasteiger charge is -2.00. The van der Waals surface area contributed by atoms with E-state index in [4.69, 9.17) is 11.6 Å². The molecule has 2 aromatic heterocycles. The van der Waals surface area contributed by atoms with Gasteiger partial charge in [0.1, 0.15) is 0 Å². The highest BCUT2D eigenvalue weighted by Gasteiger charge is 1.99. The Labute approximate surface area is 108 Å². The largest absolute Gasteiger partial charge is 0.311 e. The summed E-state index contributed by atoms with van der Waals surface area (Å²) in [5.41, 5.74) is 1.12. The second kappa shape index (κ2) is 5.77. The van der Waals surface area contributed by atoms with Crippen LogP contribution in [0.25, 0.3) is 0 Å². The van der Waals surface area contributed by atoms with Gasteiger partial charge >= 0.3 is 0 Å². The van der Waals surface area contributed by atoms with E-state index in [2.05, 4.69) is 15.7 Å². The molecule has 2 aromatic rings. The number of thiazole rings is 1. The first-order chi connectivity index (χ1) is 7.74. The van der Waals surface area contributed by atoms with Crippen LogP contribution in [0.15, 0.2) is 16.8 Å². The lowest BCUT2D eigenvalue weighted by molar-refractivity contribution is 0.691. The first-order valence-electron chi connectivity index (χ1n) is 5.08. The summed E-state index contributed by atoms with van der Waals surface area (Å²) in [4.78, 5) is 5.70. The fourth-order valence-corrected chi connectivity index (χ4v) is 3.19. The van der Waals surface area contributed by atoms with Crippen LogP contribution in [0.5, 0.6) is 0 Å². The van der Waals surface area contributed by atoms with Gasteiger partial charge in [-0.2, -0.15) is 0 Å². The van der Waals surface area contributed by atoms with Gasteiger partial charge in [-0.15, -0.1) is 22.7 Å². The van der Waals surface area contributed by atoms with Gasteiger partial charge < -0.3 is 5.32 Å². The highest BCUT2D eigenvalue weighted by molar-refractivity contribution is 7.10. The van der Waals surface area contributed by atoms with Crippen LogP contribution in [0.3, 0.4) is 0 Å². The topological polar surface area (TPSA) is 24.9 Å². The quantitative estimate of drug-likeness (QED) is 0.843. The van der Waals surface area contributed by atoms with Crippen molar-refractivity contribution in [2.75, 3.05) is 6.54 Å². The highest BCUT2D eigenvalue weighted by Crippen LogP contribution is 2.18. The third kappa shape index (κ3) is 3.56. The van der Waals surface area contributed by atoms with E-state index >= 15 is 0 Å². The van der Waals surface area contributed by atoms with Crippen molar-refractivity contribution in [2.45, 2.75) is 19.9 Å². The molecule has 2 rings (SSSR count). The van der Waals surface area contributed by atoms with E-state index in [-0.39, 0.29) is 0 Å². The summed E-state index contributed by atoms with van der Waals surface area (Å²) < 4.78 is 0. The fourth-order valence-electron chi connectivity index (χ4n) is 1.37. The van der Waals surface area contributed by atoms with Gasteiger partial charge in [0, 0.05) is 40.8 Å². The Morgan fingerprint density at radius 3 is 2.88 bits per heavy atom. The number of thiophene rings is 1. The summed E-state index contributed by atoms with van der Waals surface area (Å²) in [6.45, 7) is 3.88. The van der Waals surface area contributed by atoms with Crippen LogP contribution in [0.2, 0.25) is 5.02 Å². The maximum Gasteiger partial charge on any atom is 0.0940 e. The molecule has 0 aromatic carbocycles. The molecule has 0 aliphatic rings. The van der Waals surface area contributed by atoms with E-state index in [1.807, 2.05) is 18.4 Å². The number of rotatable bonds is 5. The lowest BCUT2D eigenvalue weighted by Crippen LogP contribution is -2.15. The van der Waals surface area contributed by atoms with Gasteiger partial charge in [0.15, 0.2) is 0 Å². The Kier molecular flexibility index (Phi) is 4.35. The van der Waals surface area contributed by atoms with Gasteiger partial charge in [0.25, 0.3) is 0 Å². The number of halogens is 1. The van der Waals surface area contributed by atoms with Crippen molar-refractivity contribution in [1.82, 2.24) is 10.3 Å². The minimum atomic E-state index is 0.831. The predicted molar refractivity (Wildman–Crippen MR) is 71.6 cm³/mol. The molecule has 1 N–H and O–H groups in total. The molecule has 0 bridgehead atoms. The summed E-state index contributed by atoms with van der Waals surface area (Å²) >= 11 is 9.27. The molecule has 5 heteroatoms. The number of nitrogens with zero attached hydrogens (tertiary/aromatic N) is 1. The molecule has 86 valence electrons. The van der Waals surface area contributed by atoms with Crippen molar-refractivity contribution in [3.63, 3.8) is 0 Å². The van der Waals surface area contributed by atoms with Gasteiger partial charge in [-0.3, -0.25) is 0 Å². The zero-order valence-electron chi connectivity index (χ0n) is 9.00. The van der Waals surface area contributed by atoms with Crippen LogP contribution in [0.1, 0.15) is 15.6 Å². The maximum absolute atomic E-state index is 5.85. The van der Waals surface area contributed by atoms with Crippen LogP contribution >= 0.6 is 34.3 Å². The smallest absolute Gasteiger partial charge is 0.0940 e. The average molecular weight is 273 g/mol. The number of aryl methyl sites for hydroxylation is 1. The zero-order chi connectivity index (χ0) is 11.4. The second-order valence-electron chi connectivity index (χ2n) is 3.54. The molecule has 0 aliphatic carbocycles. The maximum atomic E-state index is 5.85. The monoisotopic (exact) mass is 272 g/mol. The van der Waals surface area contributed by atoms with Crippen molar-refractivity contribution in [1.29, 1.82) is 0 Å². The van der Waals surface area contributed by atoms with Crippen LogP contribution in [-0.2, 0) is 13.0 Å². The highest BCUT2D eigenvalue weighted by atomic mass is 35.5. The normalized spacial score (nSPS) is 10.9. The van der Waals surface area contributed by atoms with Crippen molar-refractivity contribution < 1.29 is 0 Å². The molecule has 2 nitrogen and oxygen atoms in total. The number of nitrogens with one attached hydrogen (secondary N) is 1. The van der Waals surface area contributed by atoms with E-state index < -0.39 is 0 Å². The molecule has 16 heavy (non-hydrogen) atoms. The van der Waals surface area contributed by atoms with Crippen LogP contribution in [0.4, 0.5) is 0 Å². The van der Waals surface area contributed by atoms with Crippen LogP contribution in [0, 0.1) is 6.92 Å². The predicted octanol–water partition coefficient (Wildman–Crippen LogP) is 3.50. The summed E-state index contributed by atoms with van der Waals surface area (Å²) in [6, 6.07) is 2.01. The third-order valence-corrected chi connectivity index (χ3v) is 4.41. The first-order valence-corrected chi connectivity index (χ1v) is 7.22. The van der Waals surface area contributed by atoms with Gasteiger partial charge in [-0.1, -0.05) is 11.6 Å². The number of aromatic nitrogens is 1. The molecule has 0 saturated heterocycles. The Morgan fingerprint density at radius 1 is 1.38 bits per heavy atom. The summed E-state index contributed by atoms with van der Waals surface area (Å²) in [6.07, 6.45) is 0.998. The van der Waals surface area contributed by atoms with Crippen LogP contribution < -0.4 is 5.32 Å². The SMILES string of the molecule is Cc1csc(CCNCc2cc(Cl)cs2)n1.